The molecule has 0 unspecified atom stereocenters. The molecular weight excluding hydrogens is 185 g/mol. The second-order valence-corrected chi connectivity index (χ2v) is 2.85. The first-order valence-electron chi connectivity index (χ1n) is 2.92. The van der Waals surface area contributed by atoms with Crippen LogP contribution in [0.4, 0.5) is 0 Å². The topological polar surface area (TPSA) is 41.6 Å². The fourth-order valence-corrected chi connectivity index (χ4v) is 1.36. The van der Waals surface area contributed by atoms with Crippen LogP contribution >= 0.6 is 23.2 Å². The van der Waals surface area contributed by atoms with E-state index in [1.54, 1.807) is 12.3 Å². The van der Waals surface area contributed by atoms with E-state index in [1.807, 2.05) is 0 Å². The lowest BCUT2D eigenvalue weighted by atomic mass is 10.4. The lowest BCUT2D eigenvalue weighted by Crippen LogP contribution is -1.77. The average Bonchev–Trinajstić information content (AvgIpc) is 2.34. The van der Waals surface area contributed by atoms with Gasteiger partial charge in [0.2, 0.25) is 0 Å². The Morgan fingerprint density at radius 1 is 1.36 bits per heavy atom. The summed E-state index contributed by atoms with van der Waals surface area (Å²) in [6.07, 6.45) is 1.58. The third kappa shape index (κ3) is 1.06. The van der Waals surface area contributed by atoms with Crippen molar-refractivity contribution < 1.29 is 0 Å². The molecule has 0 aliphatic heterocycles. The Bertz CT molecular complexity index is 396. The molecule has 0 saturated carbocycles. The summed E-state index contributed by atoms with van der Waals surface area (Å²) in [5.41, 5.74) is 1.40. The summed E-state index contributed by atoms with van der Waals surface area (Å²) in [5, 5.41) is 7.40. The van der Waals surface area contributed by atoms with E-state index in [0.717, 1.165) is 5.52 Å². The van der Waals surface area contributed by atoms with Crippen LogP contribution in [0, 0.1) is 0 Å². The van der Waals surface area contributed by atoms with Gasteiger partial charge in [-0.25, -0.2) is 4.98 Å². The van der Waals surface area contributed by atoms with Crippen molar-refractivity contribution in [2.75, 3.05) is 0 Å². The van der Waals surface area contributed by atoms with Gasteiger partial charge in [0, 0.05) is 0 Å². The van der Waals surface area contributed by atoms with Crippen LogP contribution in [-0.4, -0.2) is 15.2 Å². The Morgan fingerprint density at radius 2 is 2.18 bits per heavy atom. The zero-order valence-corrected chi connectivity index (χ0v) is 6.82. The van der Waals surface area contributed by atoms with Crippen molar-refractivity contribution in [3.05, 3.63) is 22.4 Å². The molecule has 0 fully saturated rings. The zero-order valence-electron chi connectivity index (χ0n) is 5.31. The number of hydrogen-bond acceptors (Lipinski definition) is 2. The van der Waals surface area contributed by atoms with Crippen LogP contribution in [0.25, 0.3) is 11.0 Å². The molecule has 2 rings (SSSR count). The molecule has 2 aromatic heterocycles. The van der Waals surface area contributed by atoms with Gasteiger partial charge < -0.3 is 0 Å². The summed E-state index contributed by atoms with van der Waals surface area (Å²) >= 11 is 11.5. The van der Waals surface area contributed by atoms with Crippen molar-refractivity contribution in [3.8, 4) is 0 Å². The molecule has 2 heterocycles. The number of nitrogens with zero attached hydrogens (tertiary/aromatic N) is 2. The molecule has 0 bridgehead atoms. The number of rotatable bonds is 0. The van der Waals surface area contributed by atoms with E-state index < -0.39 is 0 Å². The summed E-state index contributed by atoms with van der Waals surface area (Å²) in [7, 11) is 0. The smallest absolute Gasteiger partial charge is 0.131 e. The van der Waals surface area contributed by atoms with Crippen LogP contribution in [0.5, 0.6) is 0 Å². The van der Waals surface area contributed by atoms with Gasteiger partial charge in [0.15, 0.2) is 0 Å². The molecule has 1 N–H and O–H groups in total. The number of fused-ring (bicyclic) bond motifs is 1. The molecule has 0 amide bonds. The van der Waals surface area contributed by atoms with Crippen molar-refractivity contribution in [2.24, 2.45) is 0 Å². The third-order valence-electron chi connectivity index (χ3n) is 1.33. The quantitative estimate of drug-likeness (QED) is 0.644. The van der Waals surface area contributed by atoms with Crippen LogP contribution in [-0.2, 0) is 0 Å². The number of H-pyrrole nitrogens is 1. The third-order valence-corrected chi connectivity index (χ3v) is 1.82. The second-order valence-electron chi connectivity index (χ2n) is 2.06. The molecule has 56 valence electrons. The van der Waals surface area contributed by atoms with E-state index in [9.17, 15) is 0 Å². The first kappa shape index (κ1) is 6.88. The molecular formula is C6H3Cl2N3. The number of halogens is 2. The minimum Gasteiger partial charge on any atom is -0.275 e. The van der Waals surface area contributed by atoms with Crippen LogP contribution < -0.4 is 0 Å². The standard InChI is InChI=1S/C6H3Cl2N3/c7-3-1-5(8)10-4-2-9-11-6(3)4/h1-2H,(H,9,11). The van der Waals surface area contributed by atoms with E-state index >= 15 is 0 Å². The van der Waals surface area contributed by atoms with Gasteiger partial charge in [-0.15, -0.1) is 0 Å². The summed E-state index contributed by atoms with van der Waals surface area (Å²) in [4.78, 5) is 3.98. The fraction of sp³-hybridized carbons (Fsp3) is 0. The fourth-order valence-electron chi connectivity index (χ4n) is 0.864. The maximum atomic E-state index is 5.81. The van der Waals surface area contributed by atoms with E-state index in [0.29, 0.717) is 15.7 Å². The van der Waals surface area contributed by atoms with Gasteiger partial charge in [0.1, 0.15) is 16.2 Å². The summed E-state index contributed by atoms with van der Waals surface area (Å²) < 4.78 is 0. The van der Waals surface area contributed by atoms with Crippen molar-refractivity contribution in [1.82, 2.24) is 15.2 Å². The predicted molar refractivity (Wildman–Crippen MR) is 43.9 cm³/mol. The molecule has 0 aliphatic rings. The molecule has 2 aromatic rings. The van der Waals surface area contributed by atoms with Crippen LogP contribution in [0.3, 0.4) is 0 Å². The van der Waals surface area contributed by atoms with E-state index in [2.05, 4.69) is 15.2 Å². The van der Waals surface area contributed by atoms with Gasteiger partial charge in [0.25, 0.3) is 0 Å². The van der Waals surface area contributed by atoms with Crippen LogP contribution in [0.1, 0.15) is 0 Å². The number of aromatic amines is 1. The molecule has 0 radical (unpaired) electrons. The molecule has 5 heteroatoms. The Labute approximate surface area is 72.3 Å². The lowest BCUT2D eigenvalue weighted by molar-refractivity contribution is 1.12. The Morgan fingerprint density at radius 3 is 3.00 bits per heavy atom. The van der Waals surface area contributed by atoms with Crippen molar-refractivity contribution in [1.29, 1.82) is 0 Å². The number of hydrogen-bond donors (Lipinski definition) is 1. The number of aromatic nitrogens is 3. The van der Waals surface area contributed by atoms with Gasteiger partial charge in [-0.05, 0) is 6.07 Å². The second kappa shape index (κ2) is 2.36. The van der Waals surface area contributed by atoms with Gasteiger partial charge in [-0.3, -0.25) is 5.10 Å². The first-order valence-corrected chi connectivity index (χ1v) is 3.68. The molecule has 0 atom stereocenters. The lowest BCUT2D eigenvalue weighted by Gasteiger charge is -1.92. The minimum atomic E-state index is 0.379. The highest BCUT2D eigenvalue weighted by Crippen LogP contribution is 2.22. The first-order chi connectivity index (χ1) is 5.27. The predicted octanol–water partition coefficient (Wildman–Crippen LogP) is 2.26. The van der Waals surface area contributed by atoms with E-state index in [-0.39, 0.29) is 0 Å². The van der Waals surface area contributed by atoms with Crippen LogP contribution in [0.2, 0.25) is 10.2 Å². The highest BCUT2D eigenvalue weighted by Gasteiger charge is 2.02. The minimum absolute atomic E-state index is 0.379. The Balaban J connectivity index is 2.91. The van der Waals surface area contributed by atoms with Gasteiger partial charge in [-0.1, -0.05) is 23.2 Å². The highest BCUT2D eigenvalue weighted by atomic mass is 35.5. The van der Waals surface area contributed by atoms with E-state index in [1.165, 1.54) is 0 Å². The molecule has 0 saturated heterocycles. The zero-order chi connectivity index (χ0) is 7.84. The molecule has 3 nitrogen and oxygen atoms in total. The summed E-state index contributed by atoms with van der Waals surface area (Å²) in [6, 6.07) is 1.57. The molecule has 0 aliphatic carbocycles. The summed E-state index contributed by atoms with van der Waals surface area (Å²) in [6.45, 7) is 0. The summed E-state index contributed by atoms with van der Waals surface area (Å²) in [5.74, 6) is 0. The molecule has 0 spiro atoms. The molecule has 0 aromatic carbocycles. The Kier molecular flexibility index (Phi) is 1.47. The maximum Gasteiger partial charge on any atom is 0.131 e. The van der Waals surface area contributed by atoms with E-state index in [4.69, 9.17) is 23.2 Å². The van der Waals surface area contributed by atoms with Crippen molar-refractivity contribution >= 4 is 34.2 Å². The van der Waals surface area contributed by atoms with Gasteiger partial charge in [0.05, 0.1) is 11.2 Å². The normalized spacial score (nSPS) is 10.7. The number of nitrogens with one attached hydrogen (secondary N) is 1. The van der Waals surface area contributed by atoms with Crippen molar-refractivity contribution in [2.45, 2.75) is 0 Å². The largest absolute Gasteiger partial charge is 0.275 e. The van der Waals surface area contributed by atoms with Crippen LogP contribution in [0.15, 0.2) is 12.3 Å². The maximum absolute atomic E-state index is 5.81. The number of pyridine rings is 1. The Hall–Kier alpha value is -0.800. The molecule has 11 heavy (non-hydrogen) atoms. The highest BCUT2D eigenvalue weighted by molar-refractivity contribution is 6.37. The monoisotopic (exact) mass is 187 g/mol. The van der Waals surface area contributed by atoms with Crippen molar-refractivity contribution in [3.63, 3.8) is 0 Å². The van der Waals surface area contributed by atoms with Gasteiger partial charge in [-0.2, -0.15) is 5.10 Å². The average molecular weight is 188 g/mol. The SMILES string of the molecule is Clc1cc(Cl)c2[nH]ncc2n1. The van der Waals surface area contributed by atoms with Gasteiger partial charge >= 0.3 is 0 Å².